The average molecular weight is 137 g/mol. The molecule has 0 saturated heterocycles. The second-order valence-corrected chi connectivity index (χ2v) is 2.00. The molecule has 0 N–H and O–H groups in total. The third kappa shape index (κ3) is 0.689. The SMILES string of the molecule is FC1(c2ccccn2)N=N1. The molecule has 0 bridgehead atoms. The number of alkyl halides is 1. The van der Waals surface area contributed by atoms with Gasteiger partial charge in [-0.3, -0.25) is 4.98 Å². The van der Waals surface area contributed by atoms with Crippen molar-refractivity contribution in [1.82, 2.24) is 4.98 Å². The van der Waals surface area contributed by atoms with Gasteiger partial charge in [0.05, 0.1) is 0 Å². The minimum absolute atomic E-state index is 0.259. The van der Waals surface area contributed by atoms with Crippen molar-refractivity contribution in [2.45, 2.75) is 5.92 Å². The fourth-order valence-corrected chi connectivity index (χ4v) is 0.697. The van der Waals surface area contributed by atoms with Crippen LogP contribution >= 0.6 is 0 Å². The summed E-state index contributed by atoms with van der Waals surface area (Å²) in [5.41, 5.74) is 0.259. The predicted molar refractivity (Wildman–Crippen MR) is 31.9 cm³/mol. The highest BCUT2D eigenvalue weighted by Crippen LogP contribution is 2.39. The first-order valence-corrected chi connectivity index (χ1v) is 2.86. The maximum atomic E-state index is 12.8. The van der Waals surface area contributed by atoms with E-state index in [2.05, 4.69) is 15.2 Å². The van der Waals surface area contributed by atoms with Crippen LogP contribution in [0.25, 0.3) is 0 Å². The summed E-state index contributed by atoms with van der Waals surface area (Å²) in [5.74, 6) is -1.82. The minimum Gasteiger partial charge on any atom is -0.253 e. The summed E-state index contributed by atoms with van der Waals surface area (Å²) in [6, 6.07) is 4.97. The first kappa shape index (κ1) is 5.46. The number of hydrogen-bond donors (Lipinski definition) is 0. The highest BCUT2D eigenvalue weighted by molar-refractivity contribution is 5.14. The van der Waals surface area contributed by atoms with Gasteiger partial charge < -0.3 is 0 Å². The smallest absolute Gasteiger partial charge is 0.253 e. The van der Waals surface area contributed by atoms with Crippen LogP contribution in [0.15, 0.2) is 34.6 Å². The van der Waals surface area contributed by atoms with Gasteiger partial charge in [-0.15, -0.1) is 10.2 Å². The standard InChI is InChI=1S/C6H4FN3/c7-6(9-10-6)5-3-1-2-4-8-5/h1-4H. The van der Waals surface area contributed by atoms with E-state index in [1.54, 1.807) is 18.2 Å². The number of nitrogens with zero attached hydrogens (tertiary/aromatic N) is 3. The fraction of sp³-hybridized carbons (Fsp3) is 0.167. The Morgan fingerprint density at radius 1 is 1.30 bits per heavy atom. The molecule has 0 atom stereocenters. The van der Waals surface area contributed by atoms with E-state index in [1.807, 2.05) is 0 Å². The molecule has 0 aromatic carbocycles. The molecule has 4 heteroatoms. The van der Waals surface area contributed by atoms with Gasteiger partial charge in [0.1, 0.15) is 5.69 Å². The predicted octanol–water partition coefficient (Wildman–Crippen LogP) is 1.63. The summed E-state index contributed by atoms with van der Waals surface area (Å²) in [5, 5.41) is 6.40. The molecule has 0 saturated carbocycles. The van der Waals surface area contributed by atoms with Gasteiger partial charge in [0.2, 0.25) is 0 Å². The van der Waals surface area contributed by atoms with E-state index in [1.165, 1.54) is 6.20 Å². The Balaban J connectivity index is 2.36. The topological polar surface area (TPSA) is 37.6 Å². The van der Waals surface area contributed by atoms with E-state index in [0.717, 1.165) is 0 Å². The van der Waals surface area contributed by atoms with Gasteiger partial charge in [-0.2, -0.15) is 4.39 Å². The molecule has 2 heterocycles. The molecule has 1 aliphatic heterocycles. The van der Waals surface area contributed by atoms with E-state index < -0.39 is 5.92 Å². The molecule has 2 rings (SSSR count). The van der Waals surface area contributed by atoms with Crippen LogP contribution in [0.4, 0.5) is 4.39 Å². The Morgan fingerprint density at radius 2 is 2.10 bits per heavy atom. The number of halogens is 1. The monoisotopic (exact) mass is 137 g/mol. The Morgan fingerprint density at radius 3 is 2.60 bits per heavy atom. The third-order valence-corrected chi connectivity index (χ3v) is 1.27. The minimum atomic E-state index is -1.82. The van der Waals surface area contributed by atoms with Gasteiger partial charge in [0.25, 0.3) is 0 Å². The molecule has 0 fully saturated rings. The van der Waals surface area contributed by atoms with Crippen molar-refractivity contribution in [3.63, 3.8) is 0 Å². The Bertz CT molecular complexity index is 264. The maximum Gasteiger partial charge on any atom is 0.371 e. The van der Waals surface area contributed by atoms with Crippen LogP contribution < -0.4 is 0 Å². The number of pyridine rings is 1. The van der Waals surface area contributed by atoms with Crippen molar-refractivity contribution >= 4 is 0 Å². The lowest BCUT2D eigenvalue weighted by atomic mass is 10.3. The van der Waals surface area contributed by atoms with Crippen LogP contribution in [0, 0.1) is 0 Å². The van der Waals surface area contributed by atoms with Crippen LogP contribution in [-0.2, 0) is 5.92 Å². The van der Waals surface area contributed by atoms with Crippen LogP contribution in [0.5, 0.6) is 0 Å². The lowest BCUT2D eigenvalue weighted by Gasteiger charge is -1.95. The summed E-state index contributed by atoms with van der Waals surface area (Å²) >= 11 is 0. The van der Waals surface area contributed by atoms with Crippen LogP contribution in [-0.4, -0.2) is 4.98 Å². The highest BCUT2D eigenvalue weighted by atomic mass is 19.2. The maximum absolute atomic E-state index is 12.8. The van der Waals surface area contributed by atoms with E-state index in [4.69, 9.17) is 0 Å². The Labute approximate surface area is 56.6 Å². The Hall–Kier alpha value is -1.32. The van der Waals surface area contributed by atoms with Crippen molar-refractivity contribution in [3.8, 4) is 0 Å². The largest absolute Gasteiger partial charge is 0.371 e. The van der Waals surface area contributed by atoms with Gasteiger partial charge in [-0.1, -0.05) is 6.07 Å². The summed E-state index contributed by atoms with van der Waals surface area (Å²) in [6.07, 6.45) is 1.51. The van der Waals surface area contributed by atoms with Gasteiger partial charge in [0, 0.05) is 6.20 Å². The average Bonchev–Trinajstić information content (AvgIpc) is 2.72. The van der Waals surface area contributed by atoms with Crippen molar-refractivity contribution in [1.29, 1.82) is 0 Å². The number of rotatable bonds is 1. The molecule has 0 unspecified atom stereocenters. The molecule has 0 spiro atoms. The summed E-state index contributed by atoms with van der Waals surface area (Å²) in [6.45, 7) is 0. The van der Waals surface area contributed by atoms with Crippen molar-refractivity contribution in [3.05, 3.63) is 30.1 Å². The number of hydrogen-bond acceptors (Lipinski definition) is 3. The first-order valence-electron chi connectivity index (χ1n) is 2.86. The van der Waals surface area contributed by atoms with E-state index >= 15 is 0 Å². The molecule has 0 amide bonds. The normalized spacial score (nSPS) is 18.9. The molecular formula is C6H4FN3. The molecule has 0 aliphatic carbocycles. The second kappa shape index (κ2) is 1.59. The zero-order valence-corrected chi connectivity index (χ0v) is 5.03. The summed E-state index contributed by atoms with van der Waals surface area (Å²) in [4.78, 5) is 3.75. The van der Waals surface area contributed by atoms with Crippen LogP contribution in [0.1, 0.15) is 5.69 Å². The zero-order chi connectivity index (χ0) is 7.03. The molecule has 1 aromatic heterocycles. The fourth-order valence-electron chi connectivity index (χ4n) is 0.697. The van der Waals surface area contributed by atoms with Crippen LogP contribution in [0.2, 0.25) is 0 Å². The van der Waals surface area contributed by atoms with Gasteiger partial charge in [0.15, 0.2) is 0 Å². The lowest BCUT2D eigenvalue weighted by Crippen LogP contribution is -2.01. The number of aromatic nitrogens is 1. The second-order valence-electron chi connectivity index (χ2n) is 2.00. The molecule has 1 aliphatic rings. The van der Waals surface area contributed by atoms with Crippen LogP contribution in [0.3, 0.4) is 0 Å². The quantitative estimate of drug-likeness (QED) is 0.542. The molecule has 10 heavy (non-hydrogen) atoms. The van der Waals surface area contributed by atoms with Crippen molar-refractivity contribution < 1.29 is 4.39 Å². The third-order valence-electron chi connectivity index (χ3n) is 1.27. The molecule has 1 aromatic rings. The van der Waals surface area contributed by atoms with Gasteiger partial charge >= 0.3 is 5.92 Å². The van der Waals surface area contributed by atoms with Gasteiger partial charge in [-0.25, -0.2) is 0 Å². The molecule has 3 nitrogen and oxygen atoms in total. The van der Waals surface area contributed by atoms with Crippen molar-refractivity contribution in [2.24, 2.45) is 10.2 Å². The van der Waals surface area contributed by atoms with Crippen molar-refractivity contribution in [2.75, 3.05) is 0 Å². The van der Waals surface area contributed by atoms with E-state index in [9.17, 15) is 4.39 Å². The zero-order valence-electron chi connectivity index (χ0n) is 5.03. The highest BCUT2D eigenvalue weighted by Gasteiger charge is 2.43. The Kier molecular flexibility index (Phi) is 0.869. The summed E-state index contributed by atoms with van der Waals surface area (Å²) in [7, 11) is 0. The first-order chi connectivity index (χ1) is 4.81. The molecular weight excluding hydrogens is 133 g/mol. The van der Waals surface area contributed by atoms with E-state index in [-0.39, 0.29) is 5.69 Å². The van der Waals surface area contributed by atoms with Gasteiger partial charge in [-0.05, 0) is 12.1 Å². The molecule has 0 radical (unpaired) electrons. The lowest BCUT2D eigenvalue weighted by molar-refractivity contribution is 0.282. The molecule has 50 valence electrons. The van der Waals surface area contributed by atoms with E-state index in [0.29, 0.717) is 0 Å². The summed E-state index contributed by atoms with van der Waals surface area (Å²) < 4.78 is 12.8.